The first-order chi connectivity index (χ1) is 15.5. The summed E-state index contributed by atoms with van der Waals surface area (Å²) >= 11 is 0. The fraction of sp³-hybridized carbons (Fsp3) is 0.333. The number of anilines is 2. The minimum atomic E-state index is -0.351. The maximum Gasteiger partial charge on any atom is 0.244 e. The van der Waals surface area contributed by atoms with E-state index in [1.165, 1.54) is 16.9 Å². The number of hydrogen-bond donors (Lipinski definition) is 1. The smallest absolute Gasteiger partial charge is 0.244 e. The van der Waals surface area contributed by atoms with Gasteiger partial charge in [0.05, 0.1) is 31.8 Å². The molecule has 0 radical (unpaired) electrons. The van der Waals surface area contributed by atoms with E-state index in [9.17, 15) is 14.4 Å². The Labute approximate surface area is 188 Å². The standard InChI is InChI=1S/C24H28N4O4/c1-3-27(18-22(29)26-20-12-7-8-13-21(20)32-2)23(30)14-15-24(31)28(17-9-16-25)19-10-5-4-6-11-19/h4-8,10-13H,3,9,14-15,17-18H2,1-2H3,(H,26,29). The SMILES string of the molecule is CCN(CC(=O)Nc1ccccc1OC)C(=O)CCC(=O)N(CCC#N)c1ccccc1. The van der Waals surface area contributed by atoms with Crippen molar-refractivity contribution in [2.45, 2.75) is 26.2 Å². The lowest BCUT2D eigenvalue weighted by molar-refractivity contribution is -0.135. The van der Waals surface area contributed by atoms with Crippen LogP contribution in [0.15, 0.2) is 54.6 Å². The summed E-state index contributed by atoms with van der Waals surface area (Å²) in [6, 6.07) is 18.1. The number of amides is 3. The summed E-state index contributed by atoms with van der Waals surface area (Å²) in [7, 11) is 1.51. The van der Waals surface area contributed by atoms with Gasteiger partial charge in [-0.25, -0.2) is 0 Å². The van der Waals surface area contributed by atoms with E-state index in [0.29, 0.717) is 23.7 Å². The number of carbonyl (C=O) groups excluding carboxylic acids is 3. The molecule has 32 heavy (non-hydrogen) atoms. The fourth-order valence-corrected chi connectivity index (χ4v) is 3.16. The van der Waals surface area contributed by atoms with E-state index in [2.05, 4.69) is 5.32 Å². The van der Waals surface area contributed by atoms with Gasteiger partial charge in [-0.15, -0.1) is 0 Å². The number of ether oxygens (including phenoxy) is 1. The van der Waals surface area contributed by atoms with Crippen molar-refractivity contribution < 1.29 is 19.1 Å². The molecular formula is C24H28N4O4. The van der Waals surface area contributed by atoms with Crippen molar-refractivity contribution in [2.24, 2.45) is 0 Å². The third kappa shape index (κ3) is 7.13. The number of nitriles is 1. The average molecular weight is 437 g/mol. The van der Waals surface area contributed by atoms with Gasteiger partial charge in [-0.2, -0.15) is 5.26 Å². The number of nitrogens with one attached hydrogen (secondary N) is 1. The topological polar surface area (TPSA) is 103 Å². The summed E-state index contributed by atoms with van der Waals surface area (Å²) < 4.78 is 5.22. The molecule has 0 fully saturated rings. The van der Waals surface area contributed by atoms with Gasteiger partial charge < -0.3 is 19.9 Å². The maximum atomic E-state index is 12.8. The molecule has 2 aromatic rings. The number of likely N-dealkylation sites (N-methyl/N-ethyl adjacent to an activating group) is 1. The minimum Gasteiger partial charge on any atom is -0.495 e. The van der Waals surface area contributed by atoms with E-state index >= 15 is 0 Å². The maximum absolute atomic E-state index is 12.8. The number of benzene rings is 2. The second-order valence-corrected chi connectivity index (χ2v) is 6.95. The molecule has 0 bridgehead atoms. The number of methoxy groups -OCH3 is 1. The predicted octanol–water partition coefficient (Wildman–Crippen LogP) is 3.21. The van der Waals surface area contributed by atoms with Crippen LogP contribution in [0.5, 0.6) is 5.75 Å². The fourth-order valence-electron chi connectivity index (χ4n) is 3.16. The van der Waals surface area contributed by atoms with Crippen LogP contribution < -0.4 is 15.0 Å². The highest BCUT2D eigenvalue weighted by atomic mass is 16.5. The van der Waals surface area contributed by atoms with Crippen molar-refractivity contribution in [1.29, 1.82) is 5.26 Å². The van der Waals surface area contributed by atoms with Gasteiger partial charge >= 0.3 is 0 Å². The largest absolute Gasteiger partial charge is 0.495 e. The Hall–Kier alpha value is -3.86. The average Bonchev–Trinajstić information content (AvgIpc) is 2.82. The van der Waals surface area contributed by atoms with Crippen LogP contribution in [-0.2, 0) is 14.4 Å². The van der Waals surface area contributed by atoms with E-state index in [-0.39, 0.29) is 50.1 Å². The molecule has 1 N–H and O–H groups in total. The number of nitrogens with zero attached hydrogens (tertiary/aromatic N) is 3. The van der Waals surface area contributed by atoms with Crippen LogP contribution in [0, 0.1) is 11.3 Å². The van der Waals surface area contributed by atoms with Gasteiger partial charge in [0.15, 0.2) is 0 Å². The van der Waals surface area contributed by atoms with Crippen molar-refractivity contribution in [3.63, 3.8) is 0 Å². The van der Waals surface area contributed by atoms with Crippen LogP contribution in [0.2, 0.25) is 0 Å². The van der Waals surface area contributed by atoms with E-state index < -0.39 is 0 Å². The molecule has 3 amide bonds. The van der Waals surface area contributed by atoms with Crippen LogP contribution in [0.4, 0.5) is 11.4 Å². The van der Waals surface area contributed by atoms with Crippen LogP contribution >= 0.6 is 0 Å². The zero-order chi connectivity index (χ0) is 23.3. The van der Waals surface area contributed by atoms with Crippen molar-refractivity contribution in [3.8, 4) is 11.8 Å². The van der Waals surface area contributed by atoms with Gasteiger partial charge in [0.1, 0.15) is 5.75 Å². The highest BCUT2D eigenvalue weighted by Crippen LogP contribution is 2.23. The van der Waals surface area contributed by atoms with Gasteiger partial charge in [0.2, 0.25) is 17.7 Å². The molecule has 0 saturated heterocycles. The third-order valence-corrected chi connectivity index (χ3v) is 4.82. The molecule has 168 valence electrons. The lowest BCUT2D eigenvalue weighted by Gasteiger charge is -2.23. The number of carbonyl (C=O) groups is 3. The zero-order valence-corrected chi connectivity index (χ0v) is 18.4. The summed E-state index contributed by atoms with van der Waals surface area (Å²) in [4.78, 5) is 40.8. The Morgan fingerprint density at radius 2 is 1.66 bits per heavy atom. The number of rotatable bonds is 11. The third-order valence-electron chi connectivity index (χ3n) is 4.82. The molecule has 0 aliphatic rings. The van der Waals surface area contributed by atoms with Crippen LogP contribution in [0.25, 0.3) is 0 Å². The van der Waals surface area contributed by atoms with Crippen molar-refractivity contribution >= 4 is 29.1 Å². The first-order valence-corrected chi connectivity index (χ1v) is 10.4. The Morgan fingerprint density at radius 1 is 1.00 bits per heavy atom. The Kier molecular flexibility index (Phi) is 9.72. The molecular weight excluding hydrogens is 408 g/mol. The van der Waals surface area contributed by atoms with Gasteiger partial charge in [-0.3, -0.25) is 14.4 Å². The van der Waals surface area contributed by atoms with Crippen LogP contribution in [0.3, 0.4) is 0 Å². The zero-order valence-electron chi connectivity index (χ0n) is 18.4. The summed E-state index contributed by atoms with van der Waals surface area (Å²) in [6.45, 7) is 2.24. The summed E-state index contributed by atoms with van der Waals surface area (Å²) in [5.41, 5.74) is 1.21. The summed E-state index contributed by atoms with van der Waals surface area (Å²) in [5.74, 6) is -0.353. The Bertz CT molecular complexity index is 956. The molecule has 2 rings (SSSR count). The van der Waals surface area contributed by atoms with E-state index in [0.717, 1.165) is 0 Å². The van der Waals surface area contributed by atoms with E-state index in [1.54, 1.807) is 43.3 Å². The Morgan fingerprint density at radius 3 is 2.31 bits per heavy atom. The second-order valence-electron chi connectivity index (χ2n) is 6.95. The lowest BCUT2D eigenvalue weighted by atomic mass is 10.2. The molecule has 0 saturated carbocycles. The number of hydrogen-bond acceptors (Lipinski definition) is 5. The Balaban J connectivity index is 1.94. The molecule has 0 unspecified atom stereocenters. The molecule has 0 aromatic heterocycles. The van der Waals surface area contributed by atoms with Gasteiger partial charge in [0, 0.05) is 31.6 Å². The van der Waals surface area contributed by atoms with Gasteiger partial charge in [-0.1, -0.05) is 30.3 Å². The highest BCUT2D eigenvalue weighted by molar-refractivity contribution is 5.97. The van der Waals surface area contributed by atoms with Crippen molar-refractivity contribution in [1.82, 2.24) is 4.90 Å². The van der Waals surface area contributed by atoms with Crippen molar-refractivity contribution in [2.75, 3.05) is 37.0 Å². The van der Waals surface area contributed by atoms with Gasteiger partial charge in [-0.05, 0) is 31.2 Å². The molecule has 2 aromatic carbocycles. The second kappa shape index (κ2) is 12.7. The normalized spacial score (nSPS) is 10.0. The minimum absolute atomic E-state index is 0.0101. The first kappa shape index (κ1) is 24.4. The molecule has 0 atom stereocenters. The van der Waals surface area contributed by atoms with E-state index in [4.69, 9.17) is 10.00 Å². The molecule has 0 heterocycles. The molecule has 8 nitrogen and oxygen atoms in total. The summed E-state index contributed by atoms with van der Waals surface area (Å²) in [6.07, 6.45) is 0.160. The van der Waals surface area contributed by atoms with Crippen molar-refractivity contribution in [3.05, 3.63) is 54.6 Å². The van der Waals surface area contributed by atoms with Gasteiger partial charge in [0.25, 0.3) is 0 Å². The number of para-hydroxylation sites is 3. The molecule has 8 heteroatoms. The highest BCUT2D eigenvalue weighted by Gasteiger charge is 2.20. The van der Waals surface area contributed by atoms with E-state index in [1.807, 2.05) is 24.3 Å². The monoisotopic (exact) mass is 436 g/mol. The molecule has 0 aliphatic heterocycles. The molecule has 0 spiro atoms. The lowest BCUT2D eigenvalue weighted by Crippen LogP contribution is -2.39. The summed E-state index contributed by atoms with van der Waals surface area (Å²) in [5, 5.41) is 11.6. The quantitative estimate of drug-likeness (QED) is 0.583. The van der Waals surface area contributed by atoms with Crippen LogP contribution in [0.1, 0.15) is 26.2 Å². The molecule has 0 aliphatic carbocycles. The van der Waals surface area contributed by atoms with Crippen LogP contribution in [-0.4, -0.2) is 49.4 Å². The predicted molar refractivity (Wildman–Crippen MR) is 122 cm³/mol. The first-order valence-electron chi connectivity index (χ1n) is 10.4.